The number of ketones is 1. The zero-order chi connectivity index (χ0) is 15.5. The van der Waals surface area contributed by atoms with Crippen LogP contribution in [0.2, 0.25) is 0 Å². The first kappa shape index (κ1) is 17.5. The lowest BCUT2D eigenvalue weighted by molar-refractivity contribution is -0.122. The smallest absolute Gasteiger partial charge is 0.155 e. The second kappa shape index (κ2) is 10.2. The summed E-state index contributed by atoms with van der Waals surface area (Å²) in [5.74, 6) is 0.842. The van der Waals surface area contributed by atoms with Crippen LogP contribution < -0.4 is 10.1 Å². The number of nitrogens with one attached hydrogen (secondary N) is 1. The highest BCUT2D eigenvalue weighted by Crippen LogP contribution is 2.16. The van der Waals surface area contributed by atoms with E-state index in [1.807, 2.05) is 24.3 Å². The number of hydrogen-bond acceptors (Lipinski definition) is 5. The molecule has 21 heavy (non-hydrogen) atoms. The van der Waals surface area contributed by atoms with E-state index in [9.17, 15) is 4.79 Å². The summed E-state index contributed by atoms with van der Waals surface area (Å²) in [4.78, 5) is 10.6. The molecule has 5 heteroatoms. The van der Waals surface area contributed by atoms with Gasteiger partial charge < -0.3 is 19.5 Å². The molecule has 5 nitrogen and oxygen atoms in total. The van der Waals surface area contributed by atoms with Gasteiger partial charge in [0.15, 0.2) is 5.78 Å². The van der Waals surface area contributed by atoms with Crippen LogP contribution in [0.5, 0.6) is 5.75 Å². The molecular weight excluding hydrogens is 270 g/mol. The molecule has 1 aromatic rings. The number of Topliss-reactive ketones (excluding diaryl/α,β-unsaturated/α-hetero) is 1. The zero-order valence-corrected chi connectivity index (χ0v) is 13.1. The van der Waals surface area contributed by atoms with Crippen LogP contribution in [0, 0.1) is 0 Å². The third kappa shape index (κ3) is 9.05. The van der Waals surface area contributed by atoms with E-state index in [0.29, 0.717) is 32.5 Å². The Morgan fingerprint density at radius 2 is 1.67 bits per heavy atom. The molecule has 0 heterocycles. The van der Waals surface area contributed by atoms with E-state index in [1.54, 1.807) is 0 Å². The lowest BCUT2D eigenvalue weighted by Gasteiger charge is -2.11. The van der Waals surface area contributed by atoms with Crippen molar-refractivity contribution in [2.24, 2.45) is 0 Å². The highest BCUT2D eigenvalue weighted by Gasteiger charge is 1.98. The number of anilines is 1. The minimum atomic E-state index is 0.0220. The minimum Gasteiger partial charge on any atom is -0.491 e. The molecule has 0 aromatic heterocycles. The Balaban J connectivity index is 2.06. The van der Waals surface area contributed by atoms with Crippen molar-refractivity contribution in [3.8, 4) is 5.75 Å². The van der Waals surface area contributed by atoms with Gasteiger partial charge in [-0.15, -0.1) is 0 Å². The van der Waals surface area contributed by atoms with Crippen LogP contribution in [-0.4, -0.2) is 44.9 Å². The van der Waals surface area contributed by atoms with E-state index in [-0.39, 0.29) is 12.4 Å². The van der Waals surface area contributed by atoms with Crippen LogP contribution in [-0.2, 0) is 14.3 Å². The van der Waals surface area contributed by atoms with Crippen LogP contribution in [0.25, 0.3) is 0 Å². The van der Waals surface area contributed by atoms with Gasteiger partial charge in [-0.05, 0) is 45.0 Å². The van der Waals surface area contributed by atoms with Gasteiger partial charge in [-0.1, -0.05) is 0 Å². The summed E-state index contributed by atoms with van der Waals surface area (Å²) >= 11 is 0. The molecule has 0 aliphatic heterocycles. The van der Waals surface area contributed by atoms with Crippen molar-refractivity contribution in [2.45, 2.75) is 26.8 Å². The molecule has 0 amide bonds. The molecule has 0 unspecified atom stereocenters. The molecule has 1 aromatic carbocycles. The number of ether oxygens (including phenoxy) is 3. The fraction of sp³-hybridized carbons (Fsp3) is 0.562. The predicted molar refractivity (Wildman–Crippen MR) is 83.0 cm³/mol. The molecular formula is C16H25NO4. The number of benzene rings is 1. The first-order valence-electron chi connectivity index (χ1n) is 7.22. The highest BCUT2D eigenvalue weighted by molar-refractivity contribution is 5.76. The summed E-state index contributed by atoms with van der Waals surface area (Å²) < 4.78 is 16.0. The number of carbonyl (C=O) groups is 1. The predicted octanol–water partition coefficient (Wildman–Crippen LogP) is 2.51. The Morgan fingerprint density at radius 1 is 1.05 bits per heavy atom. The van der Waals surface area contributed by atoms with E-state index in [2.05, 4.69) is 19.2 Å². The molecule has 0 bridgehead atoms. The highest BCUT2D eigenvalue weighted by atomic mass is 16.5. The van der Waals surface area contributed by atoms with Gasteiger partial charge in [-0.3, -0.25) is 4.79 Å². The molecule has 1 N–H and O–H groups in total. The Labute approximate surface area is 126 Å². The van der Waals surface area contributed by atoms with Crippen molar-refractivity contribution >= 4 is 11.5 Å². The summed E-state index contributed by atoms with van der Waals surface area (Å²) in [6.45, 7) is 7.72. The van der Waals surface area contributed by atoms with Crippen molar-refractivity contribution < 1.29 is 19.0 Å². The van der Waals surface area contributed by atoms with Crippen LogP contribution in [0.15, 0.2) is 24.3 Å². The largest absolute Gasteiger partial charge is 0.491 e. The van der Waals surface area contributed by atoms with E-state index < -0.39 is 0 Å². The molecule has 0 spiro atoms. The van der Waals surface area contributed by atoms with E-state index in [0.717, 1.165) is 11.4 Å². The Morgan fingerprint density at radius 3 is 2.29 bits per heavy atom. The maximum atomic E-state index is 10.6. The second-order valence-corrected chi connectivity index (χ2v) is 5.04. The molecule has 0 fully saturated rings. The Kier molecular flexibility index (Phi) is 8.47. The van der Waals surface area contributed by atoms with Crippen LogP contribution in [0.3, 0.4) is 0 Å². The van der Waals surface area contributed by atoms with Crippen LogP contribution >= 0.6 is 0 Å². The molecule has 0 atom stereocenters. The SMILES string of the molecule is CC(=O)COCCOCCOc1ccc(NC(C)C)cc1. The number of hydrogen-bond donors (Lipinski definition) is 1. The van der Waals surface area contributed by atoms with Crippen molar-refractivity contribution in [1.29, 1.82) is 0 Å². The number of rotatable bonds is 11. The maximum absolute atomic E-state index is 10.6. The van der Waals surface area contributed by atoms with Gasteiger partial charge in [0.2, 0.25) is 0 Å². The standard InChI is InChI=1S/C16H25NO4/c1-13(2)17-15-4-6-16(7-5-15)21-11-10-19-8-9-20-12-14(3)18/h4-7,13,17H,8-12H2,1-3H3. The fourth-order valence-corrected chi connectivity index (χ4v) is 1.63. The normalized spacial score (nSPS) is 10.7. The average molecular weight is 295 g/mol. The zero-order valence-electron chi connectivity index (χ0n) is 13.1. The third-order valence-electron chi connectivity index (χ3n) is 2.48. The molecule has 0 saturated heterocycles. The van der Waals surface area contributed by atoms with Crippen LogP contribution in [0.1, 0.15) is 20.8 Å². The molecule has 0 aliphatic rings. The molecule has 0 saturated carbocycles. The average Bonchev–Trinajstić information content (AvgIpc) is 2.42. The van der Waals surface area contributed by atoms with E-state index >= 15 is 0 Å². The lowest BCUT2D eigenvalue weighted by Crippen LogP contribution is -2.13. The summed E-state index contributed by atoms with van der Waals surface area (Å²) in [7, 11) is 0. The first-order chi connectivity index (χ1) is 10.1. The van der Waals surface area contributed by atoms with Crippen molar-refractivity contribution in [2.75, 3.05) is 38.4 Å². The van der Waals surface area contributed by atoms with Gasteiger partial charge in [0.25, 0.3) is 0 Å². The van der Waals surface area contributed by atoms with Gasteiger partial charge in [-0.2, -0.15) is 0 Å². The molecule has 0 radical (unpaired) electrons. The minimum absolute atomic E-state index is 0.0220. The maximum Gasteiger partial charge on any atom is 0.155 e. The second-order valence-electron chi connectivity index (χ2n) is 5.04. The topological polar surface area (TPSA) is 56.8 Å². The Hall–Kier alpha value is -1.59. The van der Waals surface area contributed by atoms with Crippen molar-refractivity contribution in [3.63, 3.8) is 0 Å². The van der Waals surface area contributed by atoms with Gasteiger partial charge >= 0.3 is 0 Å². The van der Waals surface area contributed by atoms with Gasteiger partial charge in [0.1, 0.15) is 19.0 Å². The summed E-state index contributed by atoms with van der Waals surface area (Å²) in [5.41, 5.74) is 1.08. The van der Waals surface area contributed by atoms with Crippen molar-refractivity contribution in [3.05, 3.63) is 24.3 Å². The molecule has 0 aliphatic carbocycles. The number of carbonyl (C=O) groups excluding carboxylic acids is 1. The lowest BCUT2D eigenvalue weighted by atomic mass is 10.3. The summed E-state index contributed by atoms with van der Waals surface area (Å²) in [5, 5.41) is 3.32. The van der Waals surface area contributed by atoms with Gasteiger partial charge in [0, 0.05) is 11.7 Å². The van der Waals surface area contributed by atoms with Gasteiger partial charge in [-0.25, -0.2) is 0 Å². The quantitative estimate of drug-likeness (QED) is 0.636. The first-order valence-corrected chi connectivity index (χ1v) is 7.22. The fourth-order valence-electron chi connectivity index (χ4n) is 1.63. The molecule has 1 rings (SSSR count). The van der Waals surface area contributed by atoms with Crippen molar-refractivity contribution in [1.82, 2.24) is 0 Å². The molecule has 118 valence electrons. The van der Waals surface area contributed by atoms with E-state index in [1.165, 1.54) is 6.92 Å². The summed E-state index contributed by atoms with van der Waals surface area (Å²) in [6, 6.07) is 8.26. The third-order valence-corrected chi connectivity index (χ3v) is 2.48. The monoisotopic (exact) mass is 295 g/mol. The van der Waals surface area contributed by atoms with Gasteiger partial charge in [0.05, 0.1) is 19.8 Å². The van der Waals surface area contributed by atoms with Crippen LogP contribution in [0.4, 0.5) is 5.69 Å². The summed E-state index contributed by atoms with van der Waals surface area (Å²) in [6.07, 6.45) is 0. The van der Waals surface area contributed by atoms with E-state index in [4.69, 9.17) is 14.2 Å². The Bertz CT molecular complexity index is 403.